The van der Waals surface area contributed by atoms with Crippen molar-refractivity contribution < 1.29 is 9.59 Å². The van der Waals surface area contributed by atoms with Crippen molar-refractivity contribution in [3.05, 3.63) is 46.2 Å². The van der Waals surface area contributed by atoms with Crippen molar-refractivity contribution in [2.45, 2.75) is 19.3 Å². The van der Waals surface area contributed by atoms with Gasteiger partial charge in [-0.25, -0.2) is 0 Å². The van der Waals surface area contributed by atoms with Gasteiger partial charge in [-0.3, -0.25) is 19.6 Å². The molecule has 3 rings (SSSR count). The number of nitrogens with one attached hydrogen (secondary N) is 1. The highest BCUT2D eigenvalue weighted by Gasteiger charge is 2.38. The van der Waals surface area contributed by atoms with E-state index in [0.717, 1.165) is 15.9 Å². The molecule has 0 fully saturated rings. The maximum Gasteiger partial charge on any atom is 0.262 e. The van der Waals surface area contributed by atoms with Gasteiger partial charge in [0.25, 0.3) is 5.91 Å². The molecular weight excluding hydrogens is 326 g/mol. The van der Waals surface area contributed by atoms with Gasteiger partial charge in [-0.1, -0.05) is 18.2 Å². The molecule has 2 heterocycles. The first-order valence-electron chi connectivity index (χ1n) is 7.14. The number of hydrazone groups is 1. The van der Waals surface area contributed by atoms with Crippen molar-refractivity contribution >= 4 is 34.6 Å². The number of hydrogen-bond donors (Lipinski definition) is 1. The highest BCUT2D eigenvalue weighted by Crippen LogP contribution is 2.30. The van der Waals surface area contributed by atoms with Crippen LogP contribution in [-0.2, 0) is 4.79 Å². The summed E-state index contributed by atoms with van der Waals surface area (Å²) < 4.78 is 1.13. The van der Waals surface area contributed by atoms with E-state index in [2.05, 4.69) is 5.10 Å². The van der Waals surface area contributed by atoms with Crippen molar-refractivity contribution in [3.63, 3.8) is 0 Å². The lowest BCUT2D eigenvalue weighted by Crippen LogP contribution is -2.31. The Labute approximate surface area is 141 Å². The third kappa shape index (κ3) is 2.55. The van der Waals surface area contributed by atoms with Crippen LogP contribution in [0.25, 0.3) is 0 Å². The smallest absolute Gasteiger partial charge is 0.262 e. The number of benzene rings is 1. The fourth-order valence-electron chi connectivity index (χ4n) is 2.60. The normalized spacial score (nSPS) is 16.8. The Kier molecular flexibility index (Phi) is 4.10. The lowest BCUT2D eigenvalue weighted by molar-refractivity contribution is -0.118. The number of aromatic nitrogens is 1. The Balaban J connectivity index is 2.02. The molecule has 0 saturated carbocycles. The van der Waals surface area contributed by atoms with Crippen LogP contribution < -0.4 is 9.81 Å². The van der Waals surface area contributed by atoms with Crippen LogP contribution in [0.1, 0.15) is 29.8 Å². The number of nitriles is 1. The van der Waals surface area contributed by atoms with E-state index >= 15 is 0 Å². The van der Waals surface area contributed by atoms with Crippen molar-refractivity contribution in [3.8, 4) is 6.07 Å². The molecule has 1 unspecified atom stereocenters. The summed E-state index contributed by atoms with van der Waals surface area (Å²) >= 11 is 1.05. The standard InChI is InChI=1S/C16H13N5O2S/c1-10-14(12-9-24-16(18)20(12)13(22)7-8-17)15(23)21(19-10)11-5-3-2-4-6-11/h2-6,9,14,18H,7H2,1H3. The van der Waals surface area contributed by atoms with Crippen LogP contribution in [0.2, 0.25) is 0 Å². The molecule has 7 nitrogen and oxygen atoms in total. The molecule has 1 N–H and O–H groups in total. The second kappa shape index (κ2) is 6.22. The van der Waals surface area contributed by atoms with Crippen molar-refractivity contribution in [1.29, 1.82) is 10.7 Å². The Morgan fingerprint density at radius 2 is 2.12 bits per heavy atom. The third-order valence-corrected chi connectivity index (χ3v) is 4.43. The first kappa shape index (κ1) is 15.8. The third-order valence-electron chi connectivity index (χ3n) is 3.66. The molecule has 2 aromatic rings. The minimum absolute atomic E-state index is 0.0102. The molecule has 0 spiro atoms. The van der Waals surface area contributed by atoms with Gasteiger partial charge in [0.2, 0.25) is 5.91 Å². The summed E-state index contributed by atoms with van der Waals surface area (Å²) in [6.45, 7) is 1.71. The van der Waals surface area contributed by atoms with Gasteiger partial charge in [-0.15, -0.1) is 11.3 Å². The van der Waals surface area contributed by atoms with E-state index in [9.17, 15) is 9.59 Å². The number of rotatable bonds is 3. The molecule has 0 aliphatic carbocycles. The second-order valence-corrected chi connectivity index (χ2v) is 6.05. The Morgan fingerprint density at radius 1 is 1.42 bits per heavy atom. The highest BCUT2D eigenvalue weighted by molar-refractivity contribution is 7.07. The van der Waals surface area contributed by atoms with Crippen LogP contribution in [0.5, 0.6) is 0 Å². The largest absolute Gasteiger partial charge is 0.275 e. The van der Waals surface area contributed by atoms with E-state index in [-0.39, 0.29) is 17.1 Å². The number of carbonyl (C=O) groups is 2. The lowest BCUT2D eigenvalue weighted by atomic mass is 10.0. The lowest BCUT2D eigenvalue weighted by Gasteiger charge is -2.15. The summed E-state index contributed by atoms with van der Waals surface area (Å²) in [7, 11) is 0. The van der Waals surface area contributed by atoms with Crippen LogP contribution in [0.15, 0.2) is 40.8 Å². The molecule has 1 amide bonds. The number of carbonyl (C=O) groups excluding carboxylic acids is 2. The summed E-state index contributed by atoms with van der Waals surface area (Å²) in [5.74, 6) is -1.53. The summed E-state index contributed by atoms with van der Waals surface area (Å²) in [4.78, 5) is 24.9. The number of amides is 1. The van der Waals surface area contributed by atoms with Crippen molar-refractivity contribution in [1.82, 2.24) is 4.57 Å². The topological polar surface area (TPSA) is 102 Å². The quantitative estimate of drug-likeness (QED) is 0.926. The zero-order valence-corrected chi connectivity index (χ0v) is 13.6. The molecular formula is C16H13N5O2S. The van der Waals surface area contributed by atoms with Gasteiger partial charge in [0, 0.05) is 5.38 Å². The number of para-hydroxylation sites is 1. The minimum Gasteiger partial charge on any atom is -0.275 e. The second-order valence-electron chi connectivity index (χ2n) is 5.19. The number of thiazole rings is 1. The molecule has 1 atom stereocenters. The summed E-state index contributed by atoms with van der Waals surface area (Å²) in [6.07, 6.45) is -0.347. The highest BCUT2D eigenvalue weighted by atomic mass is 32.1. The maximum absolute atomic E-state index is 12.8. The van der Waals surface area contributed by atoms with Crippen molar-refractivity contribution in [2.24, 2.45) is 5.10 Å². The predicted octanol–water partition coefficient (Wildman–Crippen LogP) is 2.09. The van der Waals surface area contributed by atoms with Gasteiger partial charge in [0.1, 0.15) is 12.3 Å². The zero-order valence-electron chi connectivity index (χ0n) is 12.8. The average Bonchev–Trinajstić information content (AvgIpc) is 3.08. The summed E-state index contributed by atoms with van der Waals surface area (Å²) in [5, 5.41) is 23.9. The SMILES string of the molecule is CC1=NN(c2ccccc2)C(=O)C1c1csc(=N)n1C(=O)CC#N. The van der Waals surface area contributed by atoms with Crippen LogP contribution >= 0.6 is 11.3 Å². The van der Waals surface area contributed by atoms with Crippen LogP contribution in [0.3, 0.4) is 0 Å². The predicted molar refractivity (Wildman–Crippen MR) is 88.8 cm³/mol. The molecule has 1 aliphatic heterocycles. The average molecular weight is 339 g/mol. The number of anilines is 1. The number of hydrogen-bond acceptors (Lipinski definition) is 6. The summed E-state index contributed by atoms with van der Waals surface area (Å²) in [6, 6.07) is 10.8. The minimum atomic E-state index is -0.733. The van der Waals surface area contributed by atoms with Gasteiger partial charge < -0.3 is 0 Å². The molecule has 0 bridgehead atoms. The molecule has 8 heteroatoms. The van der Waals surface area contributed by atoms with Crippen molar-refractivity contribution in [2.75, 3.05) is 5.01 Å². The van der Waals surface area contributed by atoms with Gasteiger partial charge in [-0.05, 0) is 19.1 Å². The van der Waals surface area contributed by atoms with E-state index in [0.29, 0.717) is 17.1 Å². The molecule has 1 aromatic heterocycles. The number of nitrogens with zero attached hydrogens (tertiary/aromatic N) is 4. The fraction of sp³-hybridized carbons (Fsp3) is 0.188. The zero-order chi connectivity index (χ0) is 17.3. The van der Waals surface area contributed by atoms with E-state index in [1.807, 2.05) is 18.2 Å². The van der Waals surface area contributed by atoms with Crippen LogP contribution in [-0.4, -0.2) is 22.1 Å². The monoisotopic (exact) mass is 339 g/mol. The first-order chi connectivity index (χ1) is 11.5. The molecule has 0 saturated heterocycles. The molecule has 0 radical (unpaired) electrons. The molecule has 120 valence electrons. The van der Waals surface area contributed by atoms with Crippen LogP contribution in [0.4, 0.5) is 5.69 Å². The Hall–Kier alpha value is -3.05. The first-order valence-corrected chi connectivity index (χ1v) is 8.02. The Morgan fingerprint density at radius 3 is 2.79 bits per heavy atom. The molecule has 1 aliphatic rings. The van der Waals surface area contributed by atoms with Gasteiger partial charge in [0.05, 0.1) is 23.2 Å². The van der Waals surface area contributed by atoms with Crippen LogP contribution in [0, 0.1) is 16.7 Å². The fourth-order valence-corrected chi connectivity index (χ4v) is 3.39. The molecule has 1 aromatic carbocycles. The Bertz CT molecular complexity index is 935. The van der Waals surface area contributed by atoms with E-state index in [1.165, 1.54) is 5.01 Å². The van der Waals surface area contributed by atoms with E-state index in [4.69, 9.17) is 10.7 Å². The summed E-state index contributed by atoms with van der Waals surface area (Å²) in [5.41, 5.74) is 1.57. The van der Waals surface area contributed by atoms with Gasteiger partial charge in [0.15, 0.2) is 4.80 Å². The van der Waals surface area contributed by atoms with E-state index in [1.54, 1.807) is 30.5 Å². The van der Waals surface area contributed by atoms with E-state index < -0.39 is 11.8 Å². The van der Waals surface area contributed by atoms with Gasteiger partial charge >= 0.3 is 0 Å². The van der Waals surface area contributed by atoms with Gasteiger partial charge in [-0.2, -0.15) is 15.4 Å². The maximum atomic E-state index is 12.8. The molecule has 24 heavy (non-hydrogen) atoms.